The summed E-state index contributed by atoms with van der Waals surface area (Å²) >= 11 is 6.81. The van der Waals surface area contributed by atoms with E-state index in [-0.39, 0.29) is 18.9 Å². The van der Waals surface area contributed by atoms with Crippen molar-refractivity contribution in [2.45, 2.75) is 6.42 Å². The van der Waals surface area contributed by atoms with Crippen LogP contribution in [-0.4, -0.2) is 12.5 Å². The molecule has 6 heteroatoms. The Bertz CT molecular complexity index is 627. The second-order valence-corrected chi connectivity index (χ2v) is 6.03. The average molecular weight is 414 g/mol. The zero-order valence-corrected chi connectivity index (χ0v) is 14.3. The predicted molar refractivity (Wildman–Crippen MR) is 91.4 cm³/mol. The molecule has 2 rings (SSSR count). The number of amides is 1. The molecule has 2 aromatic rings. The number of nitrogen functional groups attached to an aromatic ring is 1. The van der Waals surface area contributed by atoms with Gasteiger partial charge in [0, 0.05) is 11.4 Å². The lowest BCUT2D eigenvalue weighted by atomic mass is 10.3. The second kappa shape index (κ2) is 7.47. The molecule has 110 valence electrons. The molecule has 21 heavy (non-hydrogen) atoms. The van der Waals surface area contributed by atoms with Gasteiger partial charge in [0.05, 0.1) is 22.0 Å². The molecule has 0 fully saturated rings. The van der Waals surface area contributed by atoms with Crippen LogP contribution in [0.5, 0.6) is 5.75 Å². The largest absolute Gasteiger partial charge is 0.491 e. The smallest absolute Gasteiger partial charge is 0.227 e. The van der Waals surface area contributed by atoms with E-state index in [0.29, 0.717) is 17.1 Å². The lowest BCUT2D eigenvalue weighted by Crippen LogP contribution is -2.15. The summed E-state index contributed by atoms with van der Waals surface area (Å²) in [7, 11) is 0. The molecule has 3 N–H and O–H groups in total. The lowest BCUT2D eigenvalue weighted by Gasteiger charge is -2.10. The van der Waals surface area contributed by atoms with E-state index in [1.54, 1.807) is 24.3 Å². The molecule has 0 radical (unpaired) electrons. The van der Waals surface area contributed by atoms with Gasteiger partial charge >= 0.3 is 0 Å². The Labute approximate surface area is 139 Å². The average Bonchev–Trinajstić information content (AvgIpc) is 2.42. The molecule has 0 bridgehead atoms. The normalized spacial score (nSPS) is 10.2. The molecule has 1 amide bonds. The van der Waals surface area contributed by atoms with E-state index < -0.39 is 0 Å². The van der Waals surface area contributed by atoms with Gasteiger partial charge in [-0.3, -0.25) is 4.79 Å². The third-order valence-electron chi connectivity index (χ3n) is 2.66. The molecule has 0 aromatic heterocycles. The fourth-order valence-corrected chi connectivity index (χ4v) is 2.93. The molecule has 0 saturated carbocycles. The molecule has 0 aliphatic heterocycles. The van der Waals surface area contributed by atoms with Crippen LogP contribution in [0.15, 0.2) is 51.4 Å². The van der Waals surface area contributed by atoms with E-state index in [1.807, 2.05) is 18.2 Å². The van der Waals surface area contributed by atoms with Gasteiger partial charge < -0.3 is 15.8 Å². The Morgan fingerprint density at radius 1 is 1.14 bits per heavy atom. The van der Waals surface area contributed by atoms with Crippen LogP contribution in [0.2, 0.25) is 0 Å². The number of hydrogen-bond acceptors (Lipinski definition) is 3. The van der Waals surface area contributed by atoms with E-state index in [0.717, 1.165) is 8.95 Å². The van der Waals surface area contributed by atoms with Gasteiger partial charge in [0.2, 0.25) is 5.91 Å². The summed E-state index contributed by atoms with van der Waals surface area (Å²) in [6.45, 7) is 0.287. The molecule has 2 aromatic carbocycles. The maximum Gasteiger partial charge on any atom is 0.227 e. The molecule has 0 spiro atoms. The zero-order valence-electron chi connectivity index (χ0n) is 11.1. The number of nitrogens with one attached hydrogen (secondary N) is 1. The molecule has 0 saturated heterocycles. The topological polar surface area (TPSA) is 64.3 Å². The molecule has 0 heterocycles. The number of carbonyl (C=O) groups excluding carboxylic acids is 1. The van der Waals surface area contributed by atoms with Crippen LogP contribution < -0.4 is 15.8 Å². The van der Waals surface area contributed by atoms with Crippen LogP contribution in [0.4, 0.5) is 11.4 Å². The van der Waals surface area contributed by atoms with Gasteiger partial charge in [-0.05, 0) is 62.2 Å². The summed E-state index contributed by atoms with van der Waals surface area (Å²) in [4.78, 5) is 11.8. The first-order valence-corrected chi connectivity index (χ1v) is 7.87. The number of anilines is 2. The first kappa shape index (κ1) is 15.9. The van der Waals surface area contributed by atoms with Crippen molar-refractivity contribution in [2.75, 3.05) is 17.7 Å². The van der Waals surface area contributed by atoms with Gasteiger partial charge in [-0.25, -0.2) is 0 Å². The Morgan fingerprint density at radius 2 is 1.81 bits per heavy atom. The summed E-state index contributed by atoms with van der Waals surface area (Å²) in [5.74, 6) is 0.568. The predicted octanol–water partition coefficient (Wildman–Crippen LogP) is 4.20. The first-order valence-electron chi connectivity index (χ1n) is 6.28. The SMILES string of the molecule is Nc1cccc(NC(=O)CCOc2c(Br)cccc2Br)c1. The summed E-state index contributed by atoms with van der Waals surface area (Å²) < 4.78 is 7.30. The van der Waals surface area contributed by atoms with Gasteiger partial charge in [-0.1, -0.05) is 12.1 Å². The highest BCUT2D eigenvalue weighted by molar-refractivity contribution is 9.11. The van der Waals surface area contributed by atoms with E-state index in [2.05, 4.69) is 37.2 Å². The zero-order chi connectivity index (χ0) is 15.2. The maximum absolute atomic E-state index is 11.8. The second-order valence-electron chi connectivity index (χ2n) is 4.32. The van der Waals surface area contributed by atoms with Gasteiger partial charge in [0.15, 0.2) is 0 Å². The molecular weight excluding hydrogens is 400 g/mol. The third kappa shape index (κ3) is 4.75. The molecule has 0 aliphatic rings. The molecule has 0 atom stereocenters. The van der Waals surface area contributed by atoms with Crippen LogP contribution in [0.25, 0.3) is 0 Å². The summed E-state index contributed by atoms with van der Waals surface area (Å²) in [5.41, 5.74) is 6.95. The van der Waals surface area contributed by atoms with Crippen molar-refractivity contribution in [2.24, 2.45) is 0 Å². The Morgan fingerprint density at radius 3 is 2.48 bits per heavy atom. The van der Waals surface area contributed by atoms with Gasteiger partial charge in [-0.15, -0.1) is 0 Å². The number of rotatable bonds is 5. The van der Waals surface area contributed by atoms with Crippen LogP contribution in [0, 0.1) is 0 Å². The van der Waals surface area contributed by atoms with Crippen molar-refractivity contribution in [3.8, 4) is 5.75 Å². The minimum Gasteiger partial charge on any atom is -0.491 e. The third-order valence-corrected chi connectivity index (χ3v) is 3.91. The van der Waals surface area contributed by atoms with E-state index in [9.17, 15) is 4.79 Å². The van der Waals surface area contributed by atoms with Crippen LogP contribution in [0.1, 0.15) is 6.42 Å². The van der Waals surface area contributed by atoms with Gasteiger partial charge in [-0.2, -0.15) is 0 Å². The lowest BCUT2D eigenvalue weighted by molar-refractivity contribution is -0.116. The quantitative estimate of drug-likeness (QED) is 0.722. The van der Waals surface area contributed by atoms with Gasteiger partial charge in [0.25, 0.3) is 0 Å². The van der Waals surface area contributed by atoms with E-state index in [1.165, 1.54) is 0 Å². The highest BCUT2D eigenvalue weighted by Crippen LogP contribution is 2.32. The van der Waals surface area contributed by atoms with Crippen molar-refractivity contribution >= 4 is 49.1 Å². The standard InChI is InChI=1S/C15H14Br2N2O2/c16-12-5-2-6-13(17)15(12)21-8-7-14(20)19-11-4-1-3-10(18)9-11/h1-6,9H,7-8,18H2,(H,19,20). The van der Waals surface area contributed by atoms with Crippen LogP contribution in [0.3, 0.4) is 0 Å². The number of halogens is 2. The Hall–Kier alpha value is -1.53. The highest BCUT2D eigenvalue weighted by atomic mass is 79.9. The van der Waals surface area contributed by atoms with Crippen molar-refractivity contribution in [1.82, 2.24) is 0 Å². The molecule has 4 nitrogen and oxygen atoms in total. The van der Waals surface area contributed by atoms with Crippen molar-refractivity contribution < 1.29 is 9.53 Å². The Kier molecular flexibility index (Phi) is 5.64. The Balaban J connectivity index is 1.85. The minimum absolute atomic E-state index is 0.122. The molecule has 0 unspecified atom stereocenters. The number of benzene rings is 2. The fraction of sp³-hybridized carbons (Fsp3) is 0.133. The fourth-order valence-electron chi connectivity index (χ4n) is 1.71. The van der Waals surface area contributed by atoms with Crippen molar-refractivity contribution in [3.05, 3.63) is 51.4 Å². The number of nitrogens with two attached hydrogens (primary N) is 1. The van der Waals surface area contributed by atoms with Crippen LogP contribution in [-0.2, 0) is 4.79 Å². The van der Waals surface area contributed by atoms with E-state index in [4.69, 9.17) is 10.5 Å². The number of hydrogen-bond donors (Lipinski definition) is 2. The van der Waals surface area contributed by atoms with E-state index >= 15 is 0 Å². The van der Waals surface area contributed by atoms with Gasteiger partial charge in [0.1, 0.15) is 5.75 Å². The van der Waals surface area contributed by atoms with Crippen molar-refractivity contribution in [3.63, 3.8) is 0 Å². The number of para-hydroxylation sites is 1. The van der Waals surface area contributed by atoms with Crippen LogP contribution >= 0.6 is 31.9 Å². The molecule has 0 aliphatic carbocycles. The first-order chi connectivity index (χ1) is 10.1. The summed E-state index contributed by atoms with van der Waals surface area (Å²) in [6.07, 6.45) is 0.253. The highest BCUT2D eigenvalue weighted by Gasteiger charge is 2.08. The minimum atomic E-state index is -0.122. The summed E-state index contributed by atoms with van der Waals surface area (Å²) in [6, 6.07) is 12.7. The van der Waals surface area contributed by atoms with Crippen molar-refractivity contribution in [1.29, 1.82) is 0 Å². The monoisotopic (exact) mass is 412 g/mol. The molecular formula is C15H14Br2N2O2. The maximum atomic E-state index is 11.8. The number of carbonyl (C=O) groups is 1. The number of ether oxygens (including phenoxy) is 1. The summed E-state index contributed by atoms with van der Waals surface area (Å²) in [5, 5.41) is 2.78.